The molecule has 1 heterocycles. The quantitative estimate of drug-likeness (QED) is 0.112. The zero-order chi connectivity index (χ0) is 32.8. The molecule has 46 heavy (non-hydrogen) atoms. The van der Waals surface area contributed by atoms with Crippen LogP contribution >= 0.6 is 0 Å². The van der Waals surface area contributed by atoms with E-state index in [4.69, 9.17) is 13.9 Å². The predicted octanol–water partition coefficient (Wildman–Crippen LogP) is 10.5. The summed E-state index contributed by atoms with van der Waals surface area (Å²) >= 11 is 0. The second-order valence-corrected chi connectivity index (χ2v) is 12.6. The van der Waals surface area contributed by atoms with Gasteiger partial charge in [0.15, 0.2) is 0 Å². The number of hydrogen-bond acceptors (Lipinski definition) is 5. The molecule has 238 valence electrons. The van der Waals surface area contributed by atoms with E-state index in [1.54, 1.807) is 13.4 Å². The second-order valence-electron chi connectivity index (χ2n) is 12.6. The van der Waals surface area contributed by atoms with Crippen LogP contribution in [0.1, 0.15) is 74.0 Å². The van der Waals surface area contributed by atoms with Gasteiger partial charge in [0.2, 0.25) is 0 Å². The fourth-order valence-corrected chi connectivity index (χ4v) is 6.37. The molecule has 0 aliphatic heterocycles. The highest BCUT2D eigenvalue weighted by Gasteiger charge is 2.27. The molecule has 1 aromatic heterocycles. The molecule has 0 saturated heterocycles. The van der Waals surface area contributed by atoms with Gasteiger partial charge in [-0.3, -0.25) is 4.79 Å². The molecule has 5 nitrogen and oxygen atoms in total. The minimum atomic E-state index is -0.324. The van der Waals surface area contributed by atoms with Crippen molar-refractivity contribution in [1.82, 2.24) is 0 Å². The highest BCUT2D eigenvalue weighted by molar-refractivity contribution is 5.91. The van der Waals surface area contributed by atoms with Crippen LogP contribution in [0.2, 0.25) is 0 Å². The first kappa shape index (κ1) is 32.6. The monoisotopic (exact) mass is 615 g/mol. The van der Waals surface area contributed by atoms with Gasteiger partial charge in [-0.25, -0.2) is 0 Å². The third-order valence-electron chi connectivity index (χ3n) is 8.50. The summed E-state index contributed by atoms with van der Waals surface area (Å²) in [4.78, 5) is 14.2. The Morgan fingerprint density at radius 2 is 1.33 bits per heavy atom. The Labute approximate surface area is 273 Å². The summed E-state index contributed by atoms with van der Waals surface area (Å²) in [6.07, 6.45) is 2.27. The molecule has 0 fully saturated rings. The number of ether oxygens (including phenoxy) is 2. The lowest BCUT2D eigenvalue weighted by Crippen LogP contribution is -2.28. The lowest BCUT2D eigenvalue weighted by atomic mass is 9.84. The van der Waals surface area contributed by atoms with Gasteiger partial charge in [-0.05, 0) is 83.3 Å². The molecule has 1 atom stereocenters. The Hall–Kier alpha value is -4.77. The van der Waals surface area contributed by atoms with Crippen LogP contribution in [-0.2, 0) is 11.2 Å². The number of methoxy groups -OCH3 is 1. The lowest BCUT2D eigenvalue weighted by molar-refractivity contribution is -0.134. The van der Waals surface area contributed by atoms with Gasteiger partial charge >= 0.3 is 5.97 Å². The molecule has 0 amide bonds. The van der Waals surface area contributed by atoms with E-state index >= 15 is 0 Å². The van der Waals surface area contributed by atoms with Gasteiger partial charge in [-0.15, -0.1) is 0 Å². The van der Waals surface area contributed by atoms with Gasteiger partial charge in [0, 0.05) is 23.6 Å². The molecule has 5 heteroatoms. The molecule has 5 rings (SSSR count). The SMILES string of the molecule is COc1ccccc1NC(CC(=O)Oc1c(-c2ccccc2C(C)C)c(C)cc(C)c1-c1ccccc1C(C)C)Cc1ccco1. The zero-order valence-electron chi connectivity index (χ0n) is 28.0. The highest BCUT2D eigenvalue weighted by Crippen LogP contribution is 2.47. The number of anilines is 1. The van der Waals surface area contributed by atoms with E-state index in [2.05, 4.69) is 101 Å². The molecule has 0 aliphatic carbocycles. The molecule has 0 bridgehead atoms. The Morgan fingerprint density at radius 3 is 1.87 bits per heavy atom. The summed E-state index contributed by atoms with van der Waals surface area (Å²) < 4.78 is 17.9. The minimum Gasteiger partial charge on any atom is -0.495 e. The maximum absolute atomic E-state index is 14.2. The molecular weight excluding hydrogens is 570 g/mol. The number of esters is 1. The largest absolute Gasteiger partial charge is 0.495 e. The van der Waals surface area contributed by atoms with Crippen molar-refractivity contribution in [2.75, 3.05) is 12.4 Å². The van der Waals surface area contributed by atoms with Crippen molar-refractivity contribution in [3.63, 3.8) is 0 Å². The van der Waals surface area contributed by atoms with Crippen LogP contribution in [0, 0.1) is 13.8 Å². The van der Waals surface area contributed by atoms with E-state index in [1.807, 2.05) is 36.4 Å². The number of furan rings is 1. The minimum absolute atomic E-state index is 0.113. The predicted molar refractivity (Wildman–Crippen MR) is 188 cm³/mol. The number of carbonyl (C=O) groups is 1. The molecule has 4 aromatic carbocycles. The van der Waals surface area contributed by atoms with E-state index in [1.165, 1.54) is 11.1 Å². The van der Waals surface area contributed by atoms with Crippen molar-refractivity contribution in [3.8, 4) is 33.8 Å². The van der Waals surface area contributed by atoms with Crippen molar-refractivity contribution in [2.45, 2.75) is 72.3 Å². The van der Waals surface area contributed by atoms with E-state index in [0.717, 1.165) is 44.8 Å². The Balaban J connectivity index is 1.63. The fourth-order valence-electron chi connectivity index (χ4n) is 6.37. The average Bonchev–Trinajstić information content (AvgIpc) is 3.54. The van der Waals surface area contributed by atoms with Crippen LogP contribution in [0.5, 0.6) is 11.5 Å². The number of nitrogens with one attached hydrogen (secondary N) is 1. The van der Waals surface area contributed by atoms with Gasteiger partial charge in [0.1, 0.15) is 17.3 Å². The Bertz CT molecular complexity index is 1710. The molecule has 5 aromatic rings. The van der Waals surface area contributed by atoms with Gasteiger partial charge < -0.3 is 19.2 Å². The van der Waals surface area contributed by atoms with Crippen LogP contribution in [0.4, 0.5) is 5.69 Å². The first-order valence-corrected chi connectivity index (χ1v) is 16.1. The standard InChI is InChI=1S/C41H45NO4/c1-26(2)32-16-8-10-18-34(32)39-28(5)23-29(6)40(35-19-11-9-17-33(35)27(3)4)41(39)46-38(43)25-30(24-31-15-14-22-45-31)42-36-20-12-13-21-37(36)44-7/h8-23,26-27,30,42H,24-25H2,1-7H3. The maximum Gasteiger partial charge on any atom is 0.313 e. The molecule has 0 aliphatic rings. The lowest BCUT2D eigenvalue weighted by Gasteiger charge is -2.25. The van der Waals surface area contributed by atoms with Crippen molar-refractivity contribution >= 4 is 11.7 Å². The number of para-hydroxylation sites is 2. The molecule has 0 radical (unpaired) electrons. The molecule has 1 N–H and O–H groups in total. The number of rotatable bonds is 12. The van der Waals surface area contributed by atoms with E-state index < -0.39 is 0 Å². The Morgan fingerprint density at radius 1 is 0.761 bits per heavy atom. The van der Waals surface area contributed by atoms with Crippen molar-refractivity contribution < 1.29 is 18.7 Å². The van der Waals surface area contributed by atoms with Crippen LogP contribution in [0.15, 0.2) is 102 Å². The number of aryl methyl sites for hydroxylation is 2. The van der Waals surface area contributed by atoms with Crippen molar-refractivity contribution in [1.29, 1.82) is 0 Å². The summed E-state index contributed by atoms with van der Waals surface area (Å²) in [6.45, 7) is 13.0. The maximum atomic E-state index is 14.2. The van der Waals surface area contributed by atoms with Gasteiger partial charge in [-0.2, -0.15) is 0 Å². The summed E-state index contributed by atoms with van der Waals surface area (Å²) in [6, 6.07) is 30.3. The second kappa shape index (κ2) is 14.6. The zero-order valence-corrected chi connectivity index (χ0v) is 28.0. The highest BCUT2D eigenvalue weighted by atomic mass is 16.5. The average molecular weight is 616 g/mol. The first-order chi connectivity index (χ1) is 22.2. The van der Waals surface area contributed by atoms with Crippen LogP contribution in [0.3, 0.4) is 0 Å². The molecule has 0 spiro atoms. The van der Waals surface area contributed by atoms with E-state index in [9.17, 15) is 4.79 Å². The van der Waals surface area contributed by atoms with E-state index in [-0.39, 0.29) is 30.3 Å². The normalized spacial score (nSPS) is 11.9. The molecule has 1 unspecified atom stereocenters. The van der Waals surface area contributed by atoms with Crippen LogP contribution < -0.4 is 14.8 Å². The third-order valence-corrected chi connectivity index (χ3v) is 8.50. The fraction of sp³-hybridized carbons (Fsp3) is 0.293. The summed E-state index contributed by atoms with van der Waals surface area (Å²) in [5.74, 6) is 2.34. The number of hydrogen-bond donors (Lipinski definition) is 1. The topological polar surface area (TPSA) is 60.7 Å². The molecule has 0 saturated carbocycles. The number of carbonyl (C=O) groups excluding carboxylic acids is 1. The third kappa shape index (κ3) is 7.20. The van der Waals surface area contributed by atoms with Gasteiger partial charge in [-0.1, -0.05) is 94.4 Å². The Kier molecular flexibility index (Phi) is 10.3. The summed E-state index contributed by atoms with van der Waals surface area (Å²) in [7, 11) is 1.64. The van der Waals surface area contributed by atoms with E-state index in [0.29, 0.717) is 17.9 Å². The summed E-state index contributed by atoms with van der Waals surface area (Å²) in [5, 5.41) is 3.53. The summed E-state index contributed by atoms with van der Waals surface area (Å²) in [5.41, 5.74) is 9.44. The van der Waals surface area contributed by atoms with Crippen LogP contribution in [0.25, 0.3) is 22.3 Å². The van der Waals surface area contributed by atoms with Crippen LogP contribution in [-0.4, -0.2) is 19.1 Å². The van der Waals surface area contributed by atoms with Crippen molar-refractivity contribution in [2.24, 2.45) is 0 Å². The first-order valence-electron chi connectivity index (χ1n) is 16.1. The number of benzene rings is 4. The van der Waals surface area contributed by atoms with Gasteiger partial charge in [0.05, 0.1) is 25.5 Å². The van der Waals surface area contributed by atoms with Crippen molar-refractivity contribution in [3.05, 3.63) is 125 Å². The molecular formula is C41H45NO4. The smallest absolute Gasteiger partial charge is 0.313 e. The van der Waals surface area contributed by atoms with Gasteiger partial charge in [0.25, 0.3) is 0 Å².